The molecule has 13 nitrogen and oxygen atoms in total. The molecule has 1 fully saturated rings. The van der Waals surface area contributed by atoms with Crippen LogP contribution in [-0.2, 0) is 35.1 Å². The number of hydrogen-bond acceptors (Lipinski definition) is 11. The van der Waals surface area contributed by atoms with Crippen LogP contribution in [0.3, 0.4) is 0 Å². The van der Waals surface area contributed by atoms with Gasteiger partial charge in [-0.15, -0.1) is 16.9 Å². The standard InChI is InChI=1S/C21H27N5O8S/c1-12(28)33-10-13-11-35-18-15(22-20(31)34-21(2,3)4)17(29)26(18)16(13)19(30)32-7-5-6-25-8-14(9-27)23-24-25/h8-9,11,15-16,18H,5-7,10H2,1-4H3,(H,22,31)/t15-,16?,18-/m1/s1. The molecule has 0 bridgehead atoms. The molecule has 1 N–H and O–H groups in total. The summed E-state index contributed by atoms with van der Waals surface area (Å²) in [4.78, 5) is 61.3. The van der Waals surface area contributed by atoms with Crippen molar-refractivity contribution in [2.24, 2.45) is 0 Å². The van der Waals surface area contributed by atoms with Gasteiger partial charge in [0.2, 0.25) is 5.91 Å². The average molecular weight is 510 g/mol. The molecule has 1 unspecified atom stereocenters. The highest BCUT2D eigenvalue weighted by atomic mass is 32.2. The van der Waals surface area contributed by atoms with Crippen LogP contribution in [0.25, 0.3) is 0 Å². The van der Waals surface area contributed by atoms with E-state index in [2.05, 4.69) is 15.6 Å². The number of fused-ring (bicyclic) bond motifs is 1. The number of nitrogens with one attached hydrogen (secondary N) is 1. The van der Waals surface area contributed by atoms with Crippen LogP contribution >= 0.6 is 11.8 Å². The van der Waals surface area contributed by atoms with Gasteiger partial charge < -0.3 is 24.4 Å². The summed E-state index contributed by atoms with van der Waals surface area (Å²) in [6, 6.07) is -1.98. The van der Waals surface area contributed by atoms with E-state index in [1.165, 1.54) is 34.5 Å². The summed E-state index contributed by atoms with van der Waals surface area (Å²) >= 11 is 1.22. The number of esters is 2. The molecule has 0 aromatic carbocycles. The van der Waals surface area contributed by atoms with Crippen LogP contribution in [0.2, 0.25) is 0 Å². The van der Waals surface area contributed by atoms with Crippen molar-refractivity contribution in [3.63, 3.8) is 0 Å². The maximum atomic E-state index is 13.0. The van der Waals surface area contributed by atoms with Crippen LogP contribution in [0, 0.1) is 0 Å². The molecule has 190 valence electrons. The van der Waals surface area contributed by atoms with E-state index >= 15 is 0 Å². The van der Waals surface area contributed by atoms with Crippen molar-refractivity contribution in [1.82, 2.24) is 25.2 Å². The third-order valence-electron chi connectivity index (χ3n) is 4.86. The van der Waals surface area contributed by atoms with Crippen LogP contribution < -0.4 is 5.32 Å². The van der Waals surface area contributed by atoms with Gasteiger partial charge in [0, 0.05) is 25.5 Å². The predicted octanol–water partition coefficient (Wildman–Crippen LogP) is 0.648. The minimum atomic E-state index is -1.10. The van der Waals surface area contributed by atoms with Gasteiger partial charge in [0.1, 0.15) is 29.3 Å². The Kier molecular flexibility index (Phi) is 8.14. The summed E-state index contributed by atoms with van der Waals surface area (Å²) in [6.45, 7) is 6.55. The largest absolute Gasteiger partial charge is 0.464 e. The van der Waals surface area contributed by atoms with E-state index in [4.69, 9.17) is 14.2 Å². The summed E-state index contributed by atoms with van der Waals surface area (Å²) in [5.41, 5.74) is -0.151. The molecule has 0 saturated carbocycles. The molecule has 1 saturated heterocycles. The van der Waals surface area contributed by atoms with Gasteiger partial charge in [0.15, 0.2) is 12.3 Å². The lowest BCUT2D eigenvalue weighted by atomic mass is 9.98. The third kappa shape index (κ3) is 6.59. The number of β-lactam (4-membered cyclic amide) rings is 1. The van der Waals surface area contributed by atoms with Crippen molar-refractivity contribution in [2.45, 2.75) is 63.7 Å². The van der Waals surface area contributed by atoms with E-state index in [1.54, 1.807) is 26.2 Å². The second-order valence-electron chi connectivity index (χ2n) is 8.82. The lowest BCUT2D eigenvalue weighted by Gasteiger charge is -2.51. The topological polar surface area (TPSA) is 159 Å². The van der Waals surface area contributed by atoms with E-state index in [1.807, 2.05) is 0 Å². The quantitative estimate of drug-likeness (QED) is 0.164. The molecule has 0 spiro atoms. The van der Waals surface area contributed by atoms with Crippen LogP contribution in [0.5, 0.6) is 0 Å². The third-order valence-corrected chi connectivity index (χ3v) is 6.08. The summed E-state index contributed by atoms with van der Waals surface area (Å²) in [6.07, 6.45) is 1.69. The van der Waals surface area contributed by atoms with Gasteiger partial charge in [0.25, 0.3) is 0 Å². The minimum Gasteiger partial charge on any atom is -0.464 e. The first-order valence-electron chi connectivity index (χ1n) is 10.8. The van der Waals surface area contributed by atoms with Crippen LogP contribution in [-0.4, -0.2) is 86.4 Å². The average Bonchev–Trinajstić information content (AvgIpc) is 3.24. The number of carbonyl (C=O) groups excluding carboxylic acids is 5. The van der Waals surface area contributed by atoms with Crippen molar-refractivity contribution >= 4 is 42.0 Å². The van der Waals surface area contributed by atoms with E-state index < -0.39 is 47.0 Å². The Morgan fingerprint density at radius 2 is 2.00 bits per heavy atom. The molecule has 1 aromatic heterocycles. The number of carbonyl (C=O) groups is 5. The molecule has 14 heteroatoms. The highest BCUT2D eigenvalue weighted by molar-refractivity contribution is 8.02. The van der Waals surface area contributed by atoms with Gasteiger partial charge >= 0.3 is 18.0 Å². The Hall–Kier alpha value is -3.42. The number of amides is 2. The van der Waals surface area contributed by atoms with Crippen LogP contribution in [0.15, 0.2) is 17.2 Å². The summed E-state index contributed by atoms with van der Waals surface area (Å²) in [5.74, 6) is -1.70. The number of aldehydes is 1. The maximum absolute atomic E-state index is 13.0. The number of aryl methyl sites for hydroxylation is 1. The number of aromatic nitrogens is 3. The van der Waals surface area contributed by atoms with Crippen molar-refractivity contribution in [2.75, 3.05) is 13.2 Å². The summed E-state index contributed by atoms with van der Waals surface area (Å²) < 4.78 is 17.1. The van der Waals surface area contributed by atoms with E-state index in [9.17, 15) is 24.0 Å². The number of thioether (sulfide) groups is 1. The smallest absolute Gasteiger partial charge is 0.408 e. The Balaban J connectivity index is 1.63. The van der Waals surface area contributed by atoms with Gasteiger partial charge in [-0.2, -0.15) is 0 Å². The Morgan fingerprint density at radius 1 is 1.26 bits per heavy atom. The second kappa shape index (κ2) is 10.9. The minimum absolute atomic E-state index is 0.0197. The van der Waals surface area contributed by atoms with E-state index in [0.717, 1.165) is 0 Å². The molecular weight excluding hydrogens is 482 g/mol. The van der Waals surface area contributed by atoms with Crippen molar-refractivity contribution in [1.29, 1.82) is 0 Å². The molecule has 2 aliphatic heterocycles. The maximum Gasteiger partial charge on any atom is 0.408 e. The highest BCUT2D eigenvalue weighted by Gasteiger charge is 2.56. The number of rotatable bonds is 9. The van der Waals surface area contributed by atoms with Crippen molar-refractivity contribution < 1.29 is 38.2 Å². The highest BCUT2D eigenvalue weighted by Crippen LogP contribution is 2.40. The number of ether oxygens (including phenoxy) is 3. The molecule has 35 heavy (non-hydrogen) atoms. The summed E-state index contributed by atoms with van der Waals surface area (Å²) in [5, 5.41) is 11.1. The molecule has 1 aromatic rings. The summed E-state index contributed by atoms with van der Waals surface area (Å²) in [7, 11) is 0. The lowest BCUT2D eigenvalue weighted by molar-refractivity contribution is -0.163. The molecular formula is C21H27N5O8S. The van der Waals surface area contributed by atoms with Gasteiger partial charge in [-0.25, -0.2) is 9.59 Å². The second-order valence-corrected chi connectivity index (χ2v) is 9.81. The first kappa shape index (κ1) is 26.2. The molecule has 3 rings (SSSR count). The SMILES string of the molecule is CC(=O)OCC1=CS[C@@H]2[C@H](NC(=O)OC(C)(C)C)C(=O)N2C1C(=O)OCCCn1cc(C=O)nn1. The van der Waals surface area contributed by atoms with E-state index in [0.29, 0.717) is 24.8 Å². The molecule has 2 aliphatic rings. The fraction of sp³-hybridized carbons (Fsp3) is 0.571. The molecule has 0 aliphatic carbocycles. The van der Waals surface area contributed by atoms with Gasteiger partial charge in [-0.1, -0.05) is 5.21 Å². The zero-order valence-electron chi connectivity index (χ0n) is 19.8. The number of hydrogen-bond donors (Lipinski definition) is 1. The van der Waals surface area contributed by atoms with E-state index in [-0.39, 0.29) is 18.9 Å². The predicted molar refractivity (Wildman–Crippen MR) is 121 cm³/mol. The van der Waals surface area contributed by atoms with Gasteiger partial charge in [-0.3, -0.25) is 19.1 Å². The molecule has 0 radical (unpaired) electrons. The first-order chi connectivity index (χ1) is 16.5. The van der Waals surface area contributed by atoms with Gasteiger partial charge in [0.05, 0.1) is 12.8 Å². The Bertz CT molecular complexity index is 1030. The first-order valence-corrected chi connectivity index (χ1v) is 11.8. The fourth-order valence-electron chi connectivity index (χ4n) is 3.39. The zero-order chi connectivity index (χ0) is 25.8. The normalized spacial score (nSPS) is 21.3. The Morgan fingerprint density at radius 3 is 2.63 bits per heavy atom. The number of nitrogens with zero attached hydrogens (tertiary/aromatic N) is 4. The van der Waals surface area contributed by atoms with Crippen LogP contribution in [0.1, 0.15) is 44.6 Å². The zero-order valence-corrected chi connectivity index (χ0v) is 20.6. The lowest BCUT2D eigenvalue weighted by Crippen LogP contribution is -2.74. The van der Waals surface area contributed by atoms with Crippen LogP contribution in [0.4, 0.5) is 4.79 Å². The van der Waals surface area contributed by atoms with Crippen molar-refractivity contribution in [3.05, 3.63) is 22.9 Å². The van der Waals surface area contributed by atoms with Crippen molar-refractivity contribution in [3.8, 4) is 0 Å². The Labute approximate surface area is 205 Å². The molecule has 3 heterocycles. The number of alkyl carbamates (subject to hydrolysis) is 1. The fourth-order valence-corrected chi connectivity index (χ4v) is 4.60. The van der Waals surface area contributed by atoms with Gasteiger partial charge in [-0.05, 0) is 26.2 Å². The molecule has 3 atom stereocenters. The molecule has 2 amide bonds. The monoisotopic (exact) mass is 509 g/mol.